The Bertz CT molecular complexity index is 867. The number of nitrogens with one attached hydrogen (secondary N) is 2. The lowest BCUT2D eigenvalue weighted by Crippen LogP contribution is -2.37. The Kier molecular flexibility index (Phi) is 6.93. The highest BCUT2D eigenvalue weighted by Crippen LogP contribution is 2.30. The summed E-state index contributed by atoms with van der Waals surface area (Å²) in [5, 5.41) is 15.5. The van der Waals surface area contributed by atoms with Crippen LogP contribution in [0, 0.1) is 5.82 Å². The first-order valence-electron chi connectivity index (χ1n) is 9.90. The molecule has 2 aromatic rings. The number of rotatable bonds is 8. The number of anilines is 3. The predicted octanol–water partition coefficient (Wildman–Crippen LogP) is 3.62. The summed E-state index contributed by atoms with van der Waals surface area (Å²) in [7, 11) is 3.49. The van der Waals surface area contributed by atoms with Gasteiger partial charge in [-0.05, 0) is 54.7 Å². The number of carboxylic acids is 1. The highest BCUT2D eigenvalue weighted by atomic mass is 19.1. The fourth-order valence-electron chi connectivity index (χ4n) is 3.69. The van der Waals surface area contributed by atoms with Crippen LogP contribution in [-0.2, 0) is 17.6 Å². The minimum absolute atomic E-state index is 0.206. The molecule has 0 aromatic heterocycles. The maximum atomic E-state index is 14.3. The van der Waals surface area contributed by atoms with Gasteiger partial charge in [0, 0.05) is 44.2 Å². The van der Waals surface area contributed by atoms with Gasteiger partial charge in [0.2, 0.25) is 0 Å². The second-order valence-corrected chi connectivity index (χ2v) is 7.09. The van der Waals surface area contributed by atoms with Gasteiger partial charge in [0.25, 0.3) is 0 Å². The normalized spacial score (nSPS) is 14.0. The maximum absolute atomic E-state index is 14.3. The highest BCUT2D eigenvalue weighted by Gasteiger charge is 2.20. The Balaban J connectivity index is 1.81. The minimum Gasteiger partial charge on any atom is -0.478 e. The molecular weight excluding hydrogens is 373 g/mol. The summed E-state index contributed by atoms with van der Waals surface area (Å²) in [4.78, 5) is 13.9. The van der Waals surface area contributed by atoms with Crippen molar-refractivity contribution >= 4 is 23.0 Å². The van der Waals surface area contributed by atoms with E-state index < -0.39 is 5.97 Å². The van der Waals surface area contributed by atoms with Crippen LogP contribution < -0.4 is 15.5 Å². The molecule has 1 fully saturated rings. The number of aryl methyl sites for hydroxylation is 2. The zero-order chi connectivity index (χ0) is 20.8. The van der Waals surface area contributed by atoms with Gasteiger partial charge in [0.15, 0.2) is 0 Å². The maximum Gasteiger partial charge on any atom is 0.337 e. The lowest BCUT2D eigenvalue weighted by atomic mass is 9.98. The van der Waals surface area contributed by atoms with Crippen molar-refractivity contribution in [1.29, 1.82) is 0 Å². The van der Waals surface area contributed by atoms with Crippen LogP contribution in [0.3, 0.4) is 0 Å². The monoisotopic (exact) mass is 401 g/mol. The van der Waals surface area contributed by atoms with Crippen molar-refractivity contribution in [3.63, 3.8) is 0 Å². The van der Waals surface area contributed by atoms with Crippen molar-refractivity contribution in [3.05, 3.63) is 52.8 Å². The van der Waals surface area contributed by atoms with E-state index in [1.54, 1.807) is 20.2 Å². The van der Waals surface area contributed by atoms with Gasteiger partial charge in [0.05, 0.1) is 18.8 Å². The third kappa shape index (κ3) is 4.98. The molecule has 7 heteroatoms. The number of hydrogen-bond donors (Lipinski definition) is 3. The Morgan fingerprint density at radius 3 is 2.45 bits per heavy atom. The molecule has 0 aliphatic carbocycles. The molecule has 1 heterocycles. The number of ether oxygens (including phenoxy) is 1. The van der Waals surface area contributed by atoms with E-state index in [0.717, 1.165) is 42.9 Å². The van der Waals surface area contributed by atoms with E-state index >= 15 is 0 Å². The smallest absolute Gasteiger partial charge is 0.337 e. The van der Waals surface area contributed by atoms with Crippen molar-refractivity contribution in [2.45, 2.75) is 19.3 Å². The van der Waals surface area contributed by atoms with Gasteiger partial charge < -0.3 is 25.4 Å². The third-order valence-electron chi connectivity index (χ3n) is 5.30. The molecule has 1 aliphatic rings. The molecule has 0 bridgehead atoms. The van der Waals surface area contributed by atoms with E-state index in [0.29, 0.717) is 30.9 Å². The molecule has 156 valence electrons. The van der Waals surface area contributed by atoms with Crippen LogP contribution in [0.4, 0.5) is 21.5 Å². The molecule has 2 aromatic carbocycles. The number of morpholine rings is 1. The summed E-state index contributed by atoms with van der Waals surface area (Å²) in [6, 6.07) is 8.86. The van der Waals surface area contributed by atoms with Crippen molar-refractivity contribution < 1.29 is 19.0 Å². The lowest BCUT2D eigenvalue weighted by molar-refractivity contribution is 0.0698. The topological polar surface area (TPSA) is 73.8 Å². The van der Waals surface area contributed by atoms with E-state index in [1.165, 1.54) is 6.07 Å². The van der Waals surface area contributed by atoms with Crippen LogP contribution in [0.1, 0.15) is 27.9 Å². The predicted molar refractivity (Wildman–Crippen MR) is 114 cm³/mol. The number of benzene rings is 2. The van der Waals surface area contributed by atoms with Crippen LogP contribution in [-0.4, -0.2) is 51.5 Å². The van der Waals surface area contributed by atoms with Crippen molar-refractivity contribution in [2.75, 3.05) is 55.9 Å². The fourth-order valence-corrected chi connectivity index (χ4v) is 3.69. The zero-order valence-electron chi connectivity index (χ0n) is 16.9. The van der Waals surface area contributed by atoms with E-state index in [1.807, 2.05) is 18.2 Å². The van der Waals surface area contributed by atoms with Crippen molar-refractivity contribution in [1.82, 2.24) is 0 Å². The summed E-state index contributed by atoms with van der Waals surface area (Å²) >= 11 is 0. The van der Waals surface area contributed by atoms with Crippen LogP contribution in [0.2, 0.25) is 0 Å². The van der Waals surface area contributed by atoms with Crippen molar-refractivity contribution in [3.8, 4) is 0 Å². The molecule has 0 radical (unpaired) electrons. The summed E-state index contributed by atoms with van der Waals surface area (Å²) in [5.74, 6) is -1.16. The molecule has 0 saturated carbocycles. The number of hydrogen-bond acceptors (Lipinski definition) is 5. The summed E-state index contributed by atoms with van der Waals surface area (Å²) in [6.07, 6.45) is 2.12. The fraction of sp³-hybridized carbons (Fsp3) is 0.409. The van der Waals surface area contributed by atoms with Gasteiger partial charge in [-0.2, -0.15) is 0 Å². The largest absolute Gasteiger partial charge is 0.478 e. The van der Waals surface area contributed by atoms with Crippen LogP contribution >= 0.6 is 0 Å². The molecule has 1 saturated heterocycles. The zero-order valence-corrected chi connectivity index (χ0v) is 16.9. The van der Waals surface area contributed by atoms with E-state index in [-0.39, 0.29) is 11.4 Å². The molecule has 6 nitrogen and oxygen atoms in total. The highest BCUT2D eigenvalue weighted by molar-refractivity contribution is 5.96. The van der Waals surface area contributed by atoms with Gasteiger partial charge in [-0.3, -0.25) is 0 Å². The Morgan fingerprint density at radius 1 is 1.10 bits per heavy atom. The number of carbonyl (C=O) groups is 1. The van der Waals surface area contributed by atoms with Crippen LogP contribution in [0.15, 0.2) is 30.3 Å². The quantitative estimate of drug-likeness (QED) is 0.627. The Morgan fingerprint density at radius 2 is 1.83 bits per heavy atom. The van der Waals surface area contributed by atoms with E-state index in [9.17, 15) is 14.3 Å². The first-order valence-corrected chi connectivity index (χ1v) is 9.90. The second-order valence-electron chi connectivity index (χ2n) is 7.09. The van der Waals surface area contributed by atoms with Gasteiger partial charge in [-0.1, -0.05) is 6.07 Å². The molecule has 0 spiro atoms. The summed E-state index contributed by atoms with van der Waals surface area (Å²) in [6.45, 7) is 2.70. The molecule has 29 heavy (non-hydrogen) atoms. The van der Waals surface area contributed by atoms with E-state index in [2.05, 4.69) is 15.5 Å². The molecule has 1 aliphatic heterocycles. The summed E-state index contributed by atoms with van der Waals surface area (Å²) < 4.78 is 19.7. The average molecular weight is 401 g/mol. The first kappa shape index (κ1) is 20.9. The van der Waals surface area contributed by atoms with Gasteiger partial charge >= 0.3 is 5.97 Å². The third-order valence-corrected chi connectivity index (χ3v) is 5.30. The second kappa shape index (κ2) is 9.60. The molecular formula is C22H28FN3O3. The molecule has 3 rings (SSSR count). The van der Waals surface area contributed by atoms with E-state index in [4.69, 9.17) is 4.74 Å². The molecule has 0 unspecified atom stereocenters. The summed E-state index contributed by atoms with van der Waals surface area (Å²) in [5.41, 5.74) is 4.28. The van der Waals surface area contributed by atoms with Crippen molar-refractivity contribution in [2.24, 2.45) is 0 Å². The first-order chi connectivity index (χ1) is 14.0. The number of nitrogens with zero attached hydrogens (tertiary/aromatic N) is 1. The number of aromatic carboxylic acids is 1. The molecule has 3 N–H and O–H groups in total. The lowest BCUT2D eigenvalue weighted by Gasteiger charge is -2.31. The van der Waals surface area contributed by atoms with Gasteiger partial charge in [0.1, 0.15) is 5.82 Å². The Hall–Kier alpha value is -2.80. The van der Waals surface area contributed by atoms with Gasteiger partial charge in [-0.25, -0.2) is 9.18 Å². The van der Waals surface area contributed by atoms with Gasteiger partial charge in [-0.15, -0.1) is 0 Å². The SMILES string of the molecule is CNc1ccc(CCCc2cc(NC)c(C(=O)O)cc2N2CCOCC2)c(F)c1. The number of halogens is 1. The average Bonchev–Trinajstić information content (AvgIpc) is 2.74. The number of carboxylic acid groups (broad SMARTS) is 1. The minimum atomic E-state index is -0.956. The van der Waals surface area contributed by atoms with Crippen LogP contribution in [0.25, 0.3) is 0 Å². The Labute approximate surface area is 170 Å². The standard InChI is InChI=1S/C22H28FN3O3/c1-24-17-7-6-15(19(23)13-17)4-3-5-16-12-20(25-2)18(22(27)28)14-21(16)26-8-10-29-11-9-26/h6-7,12-14,24-25H,3-5,8-11H2,1-2H3,(H,27,28). The molecule has 0 amide bonds. The van der Waals surface area contributed by atoms with Crippen LogP contribution in [0.5, 0.6) is 0 Å². The molecule has 0 atom stereocenters.